The molecule has 0 radical (unpaired) electrons. The van der Waals surface area contributed by atoms with Gasteiger partial charge in [0.05, 0.1) is 17.8 Å². The van der Waals surface area contributed by atoms with Crippen LogP contribution in [-0.2, 0) is 0 Å². The molecule has 1 atom stereocenters. The minimum absolute atomic E-state index is 0.238. The van der Waals surface area contributed by atoms with E-state index in [1.54, 1.807) is 6.20 Å². The van der Waals surface area contributed by atoms with Crippen molar-refractivity contribution in [2.45, 2.75) is 6.04 Å². The van der Waals surface area contributed by atoms with Gasteiger partial charge in [0.2, 0.25) is 0 Å². The molecule has 3 aromatic rings. The summed E-state index contributed by atoms with van der Waals surface area (Å²) in [4.78, 5) is 0. The highest BCUT2D eigenvalue weighted by atomic mass is 79.9. The zero-order valence-electron chi connectivity index (χ0n) is 10.4. The summed E-state index contributed by atoms with van der Waals surface area (Å²) in [6, 6.07) is 11.3. The van der Waals surface area contributed by atoms with Crippen LogP contribution in [0, 0.1) is 0 Å². The Morgan fingerprint density at radius 1 is 1.25 bits per heavy atom. The van der Waals surface area contributed by atoms with Crippen LogP contribution in [0.4, 0.5) is 0 Å². The van der Waals surface area contributed by atoms with Crippen LogP contribution in [0.2, 0.25) is 5.02 Å². The third kappa shape index (κ3) is 2.23. The average molecular weight is 352 g/mol. The van der Waals surface area contributed by atoms with Crippen molar-refractivity contribution in [2.75, 3.05) is 0 Å². The number of nitrogens with zero attached hydrogens (tertiary/aromatic N) is 2. The lowest BCUT2D eigenvalue weighted by Crippen LogP contribution is -2.29. The van der Waals surface area contributed by atoms with Crippen molar-refractivity contribution in [3.8, 4) is 0 Å². The largest absolute Gasteiger partial charge is 0.271 e. The Morgan fingerprint density at radius 3 is 2.85 bits per heavy atom. The van der Waals surface area contributed by atoms with E-state index in [0.717, 1.165) is 21.1 Å². The molecule has 102 valence electrons. The molecule has 6 heteroatoms. The maximum Gasteiger partial charge on any atom is 0.0772 e. The molecule has 1 aromatic carbocycles. The Labute approximate surface area is 129 Å². The van der Waals surface area contributed by atoms with E-state index in [2.05, 4.69) is 26.5 Å². The van der Waals surface area contributed by atoms with Gasteiger partial charge in [0, 0.05) is 26.8 Å². The number of benzene rings is 1. The van der Waals surface area contributed by atoms with Gasteiger partial charge in [-0.05, 0) is 24.3 Å². The minimum Gasteiger partial charge on any atom is -0.271 e. The lowest BCUT2D eigenvalue weighted by molar-refractivity contribution is 0.638. The Hall–Kier alpha value is -1.40. The molecule has 2 aromatic heterocycles. The summed E-state index contributed by atoms with van der Waals surface area (Å²) in [6.45, 7) is 0. The number of hydrogen-bond donors (Lipinski definition) is 2. The van der Waals surface area contributed by atoms with E-state index in [4.69, 9.17) is 17.4 Å². The summed E-state index contributed by atoms with van der Waals surface area (Å²) in [7, 11) is 0. The summed E-state index contributed by atoms with van der Waals surface area (Å²) >= 11 is 9.85. The quantitative estimate of drug-likeness (QED) is 0.562. The zero-order chi connectivity index (χ0) is 14.1. The summed E-state index contributed by atoms with van der Waals surface area (Å²) in [5, 5.41) is 4.99. The van der Waals surface area contributed by atoms with Gasteiger partial charge < -0.3 is 0 Å². The molecule has 2 heterocycles. The second kappa shape index (κ2) is 5.54. The van der Waals surface area contributed by atoms with Crippen molar-refractivity contribution >= 4 is 33.0 Å². The predicted octanol–water partition coefficient (Wildman–Crippen LogP) is 3.30. The van der Waals surface area contributed by atoms with Crippen molar-refractivity contribution in [1.82, 2.24) is 15.0 Å². The van der Waals surface area contributed by atoms with Gasteiger partial charge in [-0.1, -0.05) is 39.7 Å². The summed E-state index contributed by atoms with van der Waals surface area (Å²) in [5.74, 6) is 5.76. The average Bonchev–Trinajstić information content (AvgIpc) is 2.87. The predicted molar refractivity (Wildman–Crippen MR) is 83.5 cm³/mol. The highest BCUT2D eigenvalue weighted by Crippen LogP contribution is 2.35. The smallest absolute Gasteiger partial charge is 0.0772 e. The van der Waals surface area contributed by atoms with Gasteiger partial charge in [-0.25, -0.2) is 9.94 Å². The third-order valence-electron chi connectivity index (χ3n) is 3.22. The zero-order valence-corrected chi connectivity index (χ0v) is 12.8. The normalized spacial score (nSPS) is 12.8. The standard InChI is InChI=1S/C14H12BrClN4/c15-10-4-3-5-11(16)13(10)14(19-17)9-8-18-20-7-2-1-6-12(9)20/h1-8,14,19H,17H2. The molecule has 0 aliphatic rings. The second-order valence-corrected chi connectivity index (χ2v) is 5.63. The topological polar surface area (TPSA) is 55.3 Å². The number of nitrogens with one attached hydrogen (secondary N) is 1. The van der Waals surface area contributed by atoms with E-state index in [-0.39, 0.29) is 6.04 Å². The molecule has 0 saturated heterocycles. The van der Waals surface area contributed by atoms with Crippen molar-refractivity contribution in [3.63, 3.8) is 0 Å². The highest BCUT2D eigenvalue weighted by molar-refractivity contribution is 9.10. The van der Waals surface area contributed by atoms with Crippen LogP contribution < -0.4 is 11.3 Å². The molecule has 20 heavy (non-hydrogen) atoms. The Kier molecular flexibility index (Phi) is 3.76. The first-order chi connectivity index (χ1) is 9.72. The first-order valence-corrected chi connectivity index (χ1v) is 7.21. The van der Waals surface area contributed by atoms with Crippen molar-refractivity contribution < 1.29 is 0 Å². The fraction of sp³-hybridized carbons (Fsp3) is 0.0714. The fourth-order valence-corrected chi connectivity index (χ4v) is 3.28. The van der Waals surface area contributed by atoms with Crippen molar-refractivity contribution in [1.29, 1.82) is 0 Å². The molecule has 1 unspecified atom stereocenters. The summed E-state index contributed by atoms with van der Waals surface area (Å²) < 4.78 is 2.72. The lowest BCUT2D eigenvalue weighted by Gasteiger charge is -2.18. The second-order valence-electron chi connectivity index (χ2n) is 4.37. The fourth-order valence-electron chi connectivity index (χ4n) is 2.29. The van der Waals surface area contributed by atoms with Crippen LogP contribution in [-0.4, -0.2) is 9.61 Å². The molecule has 0 fully saturated rings. The van der Waals surface area contributed by atoms with Crippen LogP contribution in [0.1, 0.15) is 17.2 Å². The highest BCUT2D eigenvalue weighted by Gasteiger charge is 2.21. The molecule has 4 nitrogen and oxygen atoms in total. The Morgan fingerprint density at radius 2 is 2.10 bits per heavy atom. The van der Waals surface area contributed by atoms with Gasteiger partial charge in [-0.15, -0.1) is 0 Å². The lowest BCUT2D eigenvalue weighted by atomic mass is 10.0. The van der Waals surface area contributed by atoms with E-state index in [1.165, 1.54) is 0 Å². The van der Waals surface area contributed by atoms with Gasteiger partial charge in [0.1, 0.15) is 0 Å². The molecule has 0 bridgehead atoms. The summed E-state index contributed by atoms with van der Waals surface area (Å²) in [5.41, 5.74) is 5.69. The first-order valence-electron chi connectivity index (χ1n) is 6.04. The number of halogens is 2. The van der Waals surface area contributed by atoms with Crippen molar-refractivity contribution in [2.24, 2.45) is 5.84 Å². The van der Waals surface area contributed by atoms with Crippen molar-refractivity contribution in [3.05, 3.63) is 69.4 Å². The molecule has 0 aliphatic carbocycles. The third-order valence-corrected chi connectivity index (χ3v) is 4.24. The monoisotopic (exact) mass is 350 g/mol. The maximum absolute atomic E-state index is 6.32. The molecular weight excluding hydrogens is 340 g/mol. The van der Waals surface area contributed by atoms with E-state index in [0.29, 0.717) is 5.02 Å². The number of hydrogen-bond acceptors (Lipinski definition) is 3. The Balaban J connectivity index is 2.20. The van der Waals surface area contributed by atoms with Crippen LogP contribution in [0.25, 0.3) is 5.52 Å². The van der Waals surface area contributed by atoms with Gasteiger partial charge in [0.25, 0.3) is 0 Å². The van der Waals surface area contributed by atoms with Gasteiger partial charge >= 0.3 is 0 Å². The Bertz CT molecular complexity index is 736. The number of hydrazine groups is 1. The van der Waals surface area contributed by atoms with E-state index in [9.17, 15) is 0 Å². The number of aromatic nitrogens is 2. The molecule has 0 amide bonds. The van der Waals surface area contributed by atoms with Gasteiger partial charge in [-0.2, -0.15) is 5.10 Å². The summed E-state index contributed by atoms with van der Waals surface area (Å²) in [6.07, 6.45) is 3.70. The van der Waals surface area contributed by atoms with Gasteiger partial charge in [-0.3, -0.25) is 5.84 Å². The number of fused-ring (bicyclic) bond motifs is 1. The van der Waals surface area contributed by atoms with E-state index < -0.39 is 0 Å². The van der Waals surface area contributed by atoms with Crippen LogP contribution >= 0.6 is 27.5 Å². The number of pyridine rings is 1. The molecule has 0 spiro atoms. The molecule has 0 aliphatic heterocycles. The van der Waals surface area contributed by atoms with Gasteiger partial charge in [0.15, 0.2) is 0 Å². The van der Waals surface area contributed by atoms with Crippen LogP contribution in [0.3, 0.4) is 0 Å². The van der Waals surface area contributed by atoms with Crippen LogP contribution in [0.15, 0.2) is 53.3 Å². The van der Waals surface area contributed by atoms with E-state index >= 15 is 0 Å². The molecule has 0 saturated carbocycles. The minimum atomic E-state index is -0.238. The van der Waals surface area contributed by atoms with Crippen LogP contribution in [0.5, 0.6) is 0 Å². The molecular formula is C14H12BrClN4. The first kappa shape index (κ1) is 13.6. The molecule has 3 rings (SSSR count). The SMILES string of the molecule is NNC(c1c(Cl)cccc1Br)c1cnn2ccccc12. The maximum atomic E-state index is 6.32. The van der Waals surface area contributed by atoms with E-state index in [1.807, 2.05) is 47.1 Å². The number of rotatable bonds is 3. The molecule has 3 N–H and O–H groups in total. The number of nitrogens with two attached hydrogens (primary N) is 1.